The highest BCUT2D eigenvalue weighted by molar-refractivity contribution is 5.19. The fourth-order valence-corrected chi connectivity index (χ4v) is 1.14. The Morgan fingerprint density at radius 2 is 1.44 bits per heavy atom. The summed E-state index contributed by atoms with van der Waals surface area (Å²) in [5.74, 6) is 0.384. The number of rotatable bonds is 3. The standard InChI is InChI=1S/C6H5N11O/c1-18-6-10-4(16-2-7-12-14-16)9-5(11-6)17-3-8-13-15-17/h2-3H,1H3. The lowest BCUT2D eigenvalue weighted by atomic mass is 10.8. The third kappa shape index (κ3) is 1.70. The highest BCUT2D eigenvalue weighted by Crippen LogP contribution is 2.07. The van der Waals surface area contributed by atoms with Crippen LogP contribution < -0.4 is 4.74 Å². The van der Waals surface area contributed by atoms with Crippen LogP contribution in [0, 0.1) is 0 Å². The third-order valence-electron chi connectivity index (χ3n) is 1.88. The summed E-state index contributed by atoms with van der Waals surface area (Å²) in [6.07, 6.45) is 2.69. The molecule has 0 N–H and O–H groups in total. The van der Waals surface area contributed by atoms with E-state index in [-0.39, 0.29) is 17.9 Å². The van der Waals surface area contributed by atoms with Gasteiger partial charge in [0.2, 0.25) is 0 Å². The van der Waals surface area contributed by atoms with Gasteiger partial charge in [0, 0.05) is 0 Å². The van der Waals surface area contributed by atoms with Crippen LogP contribution in [0.2, 0.25) is 0 Å². The zero-order chi connectivity index (χ0) is 12.4. The van der Waals surface area contributed by atoms with Gasteiger partial charge >= 0.3 is 6.01 Å². The van der Waals surface area contributed by atoms with Gasteiger partial charge in [-0.1, -0.05) is 0 Å². The van der Waals surface area contributed by atoms with Crippen molar-refractivity contribution in [3.05, 3.63) is 12.7 Å². The second kappa shape index (κ2) is 4.08. The number of ether oxygens (including phenoxy) is 1. The lowest BCUT2D eigenvalue weighted by molar-refractivity contribution is 0.375. The van der Waals surface area contributed by atoms with E-state index in [2.05, 4.69) is 46.0 Å². The topological polar surface area (TPSA) is 135 Å². The van der Waals surface area contributed by atoms with Gasteiger partial charge in [0.05, 0.1) is 7.11 Å². The molecular formula is C6H5N11O. The molecule has 0 aromatic carbocycles. The smallest absolute Gasteiger partial charge is 0.322 e. The quantitative estimate of drug-likeness (QED) is 0.502. The van der Waals surface area contributed by atoms with Crippen LogP contribution in [-0.4, -0.2) is 62.5 Å². The van der Waals surface area contributed by atoms with Crippen molar-refractivity contribution in [2.45, 2.75) is 0 Å². The summed E-state index contributed by atoms with van der Waals surface area (Å²) in [5.41, 5.74) is 0. The van der Waals surface area contributed by atoms with Crippen molar-refractivity contribution >= 4 is 0 Å². The summed E-state index contributed by atoms with van der Waals surface area (Å²) in [4.78, 5) is 12.1. The molecule has 0 saturated heterocycles. The van der Waals surface area contributed by atoms with E-state index >= 15 is 0 Å². The molecule has 12 heteroatoms. The monoisotopic (exact) mass is 247 g/mol. The molecule has 18 heavy (non-hydrogen) atoms. The lowest BCUT2D eigenvalue weighted by Gasteiger charge is -2.03. The van der Waals surface area contributed by atoms with Crippen molar-refractivity contribution in [1.82, 2.24) is 55.4 Å². The van der Waals surface area contributed by atoms with Crippen LogP contribution in [0.5, 0.6) is 6.01 Å². The Balaban J connectivity index is 2.13. The first kappa shape index (κ1) is 10.1. The Hall–Kier alpha value is -3.05. The molecule has 3 aromatic rings. The molecule has 0 aliphatic heterocycles. The Labute approximate surface area is 98.6 Å². The number of methoxy groups -OCH3 is 1. The minimum atomic E-state index is 0.0981. The van der Waals surface area contributed by atoms with Gasteiger partial charge in [0.1, 0.15) is 12.7 Å². The lowest BCUT2D eigenvalue weighted by Crippen LogP contribution is -2.11. The van der Waals surface area contributed by atoms with Gasteiger partial charge in [-0.15, -0.1) is 10.2 Å². The second-order valence-electron chi connectivity index (χ2n) is 2.93. The normalized spacial score (nSPS) is 10.5. The van der Waals surface area contributed by atoms with Crippen LogP contribution in [-0.2, 0) is 0 Å². The molecule has 0 radical (unpaired) electrons. The van der Waals surface area contributed by atoms with Crippen molar-refractivity contribution in [2.75, 3.05) is 7.11 Å². The van der Waals surface area contributed by atoms with Crippen molar-refractivity contribution < 1.29 is 4.74 Å². The van der Waals surface area contributed by atoms with Crippen LogP contribution in [0.25, 0.3) is 11.9 Å². The highest BCUT2D eigenvalue weighted by atomic mass is 16.5. The van der Waals surface area contributed by atoms with Gasteiger partial charge in [0.25, 0.3) is 11.9 Å². The summed E-state index contributed by atoms with van der Waals surface area (Å²) in [6, 6.07) is 0.0981. The first-order valence-corrected chi connectivity index (χ1v) is 4.63. The number of tetrazole rings is 2. The molecule has 0 unspecified atom stereocenters. The average Bonchev–Trinajstić information content (AvgIpc) is 3.10. The van der Waals surface area contributed by atoms with E-state index in [4.69, 9.17) is 4.74 Å². The van der Waals surface area contributed by atoms with Crippen LogP contribution in [0.15, 0.2) is 12.7 Å². The Bertz CT molecular complexity index is 579. The summed E-state index contributed by atoms with van der Waals surface area (Å²) in [7, 11) is 1.43. The maximum absolute atomic E-state index is 4.97. The second-order valence-corrected chi connectivity index (χ2v) is 2.93. The molecule has 0 fully saturated rings. The average molecular weight is 247 g/mol. The molecule has 0 aliphatic rings. The van der Waals surface area contributed by atoms with Crippen molar-refractivity contribution in [1.29, 1.82) is 0 Å². The molecule has 0 aliphatic carbocycles. The largest absolute Gasteiger partial charge is 0.467 e. The zero-order valence-corrected chi connectivity index (χ0v) is 8.98. The van der Waals surface area contributed by atoms with E-state index in [0.717, 1.165) is 0 Å². The Kier molecular flexibility index (Phi) is 2.29. The minimum absolute atomic E-state index is 0.0981. The molecule has 0 amide bonds. The number of nitrogens with zero attached hydrogens (tertiary/aromatic N) is 11. The molecule has 3 rings (SSSR count). The number of hydrogen-bond acceptors (Lipinski definition) is 10. The van der Waals surface area contributed by atoms with Crippen molar-refractivity contribution in [3.8, 4) is 17.9 Å². The molecule has 3 heterocycles. The van der Waals surface area contributed by atoms with E-state index in [0.29, 0.717) is 0 Å². The van der Waals surface area contributed by atoms with Gasteiger partial charge in [-0.05, 0) is 20.9 Å². The van der Waals surface area contributed by atoms with Gasteiger partial charge in [-0.25, -0.2) is 0 Å². The summed E-state index contributed by atoms with van der Waals surface area (Å²) in [5, 5.41) is 21.3. The van der Waals surface area contributed by atoms with Gasteiger partial charge in [-0.2, -0.15) is 24.3 Å². The maximum atomic E-state index is 4.97. The first-order chi connectivity index (χ1) is 8.86. The Morgan fingerprint density at radius 1 is 0.889 bits per heavy atom. The summed E-state index contributed by atoms with van der Waals surface area (Å²) >= 11 is 0. The van der Waals surface area contributed by atoms with Crippen molar-refractivity contribution in [2.24, 2.45) is 0 Å². The SMILES string of the molecule is COc1nc(-n2cnnn2)nc(-n2cnnn2)n1. The fraction of sp³-hybridized carbons (Fsp3) is 0.167. The highest BCUT2D eigenvalue weighted by Gasteiger charge is 2.11. The van der Waals surface area contributed by atoms with E-state index in [1.54, 1.807) is 0 Å². The van der Waals surface area contributed by atoms with E-state index in [9.17, 15) is 0 Å². The van der Waals surface area contributed by atoms with Gasteiger partial charge in [0.15, 0.2) is 0 Å². The van der Waals surface area contributed by atoms with Gasteiger partial charge in [-0.3, -0.25) is 0 Å². The van der Waals surface area contributed by atoms with Gasteiger partial charge < -0.3 is 4.74 Å². The van der Waals surface area contributed by atoms with E-state index < -0.39 is 0 Å². The number of aromatic nitrogens is 11. The molecule has 0 bridgehead atoms. The fourth-order valence-electron chi connectivity index (χ4n) is 1.14. The molecule has 0 saturated carbocycles. The maximum Gasteiger partial charge on any atom is 0.322 e. The molecule has 12 nitrogen and oxygen atoms in total. The van der Waals surface area contributed by atoms with Crippen LogP contribution in [0.1, 0.15) is 0 Å². The summed E-state index contributed by atoms with van der Waals surface area (Å²) in [6.45, 7) is 0. The molecule has 0 atom stereocenters. The predicted molar refractivity (Wildman–Crippen MR) is 51.8 cm³/mol. The summed E-state index contributed by atoms with van der Waals surface area (Å²) < 4.78 is 7.49. The molecule has 90 valence electrons. The third-order valence-corrected chi connectivity index (χ3v) is 1.88. The van der Waals surface area contributed by atoms with Crippen LogP contribution in [0.3, 0.4) is 0 Å². The Morgan fingerprint density at radius 3 is 1.83 bits per heavy atom. The van der Waals surface area contributed by atoms with Crippen LogP contribution in [0.4, 0.5) is 0 Å². The number of hydrogen-bond donors (Lipinski definition) is 0. The molecule has 0 spiro atoms. The van der Waals surface area contributed by atoms with E-state index in [1.807, 2.05) is 0 Å². The predicted octanol–water partition coefficient (Wildman–Crippen LogP) is -2.17. The molecular weight excluding hydrogens is 242 g/mol. The zero-order valence-electron chi connectivity index (χ0n) is 8.98. The van der Waals surface area contributed by atoms with Crippen molar-refractivity contribution in [3.63, 3.8) is 0 Å². The van der Waals surface area contributed by atoms with Crippen LogP contribution >= 0.6 is 0 Å². The first-order valence-electron chi connectivity index (χ1n) is 4.63. The molecule has 3 aromatic heterocycles. The van der Waals surface area contributed by atoms with E-state index in [1.165, 1.54) is 29.1 Å². The minimum Gasteiger partial charge on any atom is -0.467 e.